The molecule has 0 bridgehead atoms. The first kappa shape index (κ1) is 12.2. The van der Waals surface area contributed by atoms with Gasteiger partial charge in [-0.25, -0.2) is 0 Å². The number of ether oxygens (including phenoxy) is 1. The van der Waals surface area contributed by atoms with E-state index in [-0.39, 0.29) is 11.7 Å². The number of morpholine rings is 1. The van der Waals surface area contributed by atoms with Gasteiger partial charge in [-0.15, -0.1) is 0 Å². The van der Waals surface area contributed by atoms with Gasteiger partial charge >= 0.3 is 0 Å². The third-order valence-corrected chi connectivity index (χ3v) is 2.95. The molecule has 0 amide bonds. The first-order valence-electron chi connectivity index (χ1n) is 6.06. The van der Waals surface area contributed by atoms with E-state index in [4.69, 9.17) is 4.74 Å². The topological polar surface area (TPSA) is 37.4 Å². The van der Waals surface area contributed by atoms with Crippen LogP contribution in [0.15, 0.2) is 18.5 Å². The number of hydrogen-bond donors (Lipinski definition) is 1. The third kappa shape index (κ3) is 2.88. The minimum Gasteiger partial charge on any atom is -0.387 e. The second-order valence-corrected chi connectivity index (χ2v) is 5.25. The Morgan fingerprint density at radius 1 is 1.47 bits per heavy atom. The Balaban J connectivity index is 2.20. The Morgan fingerprint density at radius 2 is 2.24 bits per heavy atom. The zero-order chi connectivity index (χ0) is 12.5. The smallest absolute Gasteiger partial charge is 0.0805 e. The predicted octanol–water partition coefficient (Wildman–Crippen LogP) is 2.13. The molecular weight excluding hydrogens is 214 g/mol. The van der Waals surface area contributed by atoms with E-state index in [0.29, 0.717) is 0 Å². The van der Waals surface area contributed by atoms with Crippen LogP contribution in [0.5, 0.6) is 0 Å². The molecule has 1 aromatic rings. The lowest BCUT2D eigenvalue weighted by molar-refractivity contribution is -0.0749. The molecule has 1 N–H and O–H groups in total. The third-order valence-electron chi connectivity index (χ3n) is 2.95. The van der Waals surface area contributed by atoms with Crippen molar-refractivity contribution in [3.05, 3.63) is 18.5 Å². The van der Waals surface area contributed by atoms with Crippen LogP contribution in [0, 0.1) is 0 Å². The number of nitrogens with one attached hydrogen (secondary N) is 1. The summed E-state index contributed by atoms with van der Waals surface area (Å²) in [5, 5.41) is 3.12. The van der Waals surface area contributed by atoms with Crippen molar-refractivity contribution in [3.63, 3.8) is 0 Å². The lowest BCUT2D eigenvalue weighted by atomic mass is 10.1. The van der Waals surface area contributed by atoms with Gasteiger partial charge in [0, 0.05) is 20.1 Å². The molecule has 1 fully saturated rings. The second-order valence-electron chi connectivity index (χ2n) is 5.25. The molecule has 1 unspecified atom stereocenters. The molecular formula is C13H21N3O. The fourth-order valence-electron chi connectivity index (χ4n) is 2.39. The summed E-state index contributed by atoms with van der Waals surface area (Å²) < 4.78 is 5.90. The monoisotopic (exact) mass is 235 g/mol. The van der Waals surface area contributed by atoms with Crippen LogP contribution < -0.4 is 10.2 Å². The van der Waals surface area contributed by atoms with E-state index in [1.807, 2.05) is 19.4 Å². The summed E-state index contributed by atoms with van der Waals surface area (Å²) in [7, 11) is 1.91. The van der Waals surface area contributed by atoms with Crippen LogP contribution >= 0.6 is 0 Å². The molecule has 1 aromatic heterocycles. The van der Waals surface area contributed by atoms with Gasteiger partial charge in [0.2, 0.25) is 0 Å². The molecule has 0 aromatic carbocycles. The lowest BCUT2D eigenvalue weighted by Crippen LogP contribution is -2.52. The van der Waals surface area contributed by atoms with E-state index in [1.54, 1.807) is 0 Å². The highest BCUT2D eigenvalue weighted by Gasteiger charge is 2.31. The van der Waals surface area contributed by atoms with E-state index in [0.717, 1.165) is 24.5 Å². The van der Waals surface area contributed by atoms with Gasteiger partial charge in [0.15, 0.2) is 0 Å². The fraction of sp³-hybridized carbons (Fsp3) is 0.615. The summed E-state index contributed by atoms with van der Waals surface area (Å²) >= 11 is 0. The Kier molecular flexibility index (Phi) is 3.24. The number of pyridine rings is 1. The highest BCUT2D eigenvalue weighted by molar-refractivity contribution is 5.55. The molecule has 1 atom stereocenters. The molecule has 2 rings (SSSR count). The van der Waals surface area contributed by atoms with Crippen LogP contribution in [0.1, 0.15) is 20.8 Å². The van der Waals surface area contributed by atoms with Crippen LogP contribution in [0.4, 0.5) is 11.4 Å². The molecule has 94 valence electrons. The zero-order valence-corrected chi connectivity index (χ0v) is 11.0. The Hall–Kier alpha value is -1.29. The van der Waals surface area contributed by atoms with Crippen LogP contribution in [0.2, 0.25) is 0 Å². The zero-order valence-electron chi connectivity index (χ0n) is 11.0. The largest absolute Gasteiger partial charge is 0.387 e. The molecule has 4 nitrogen and oxygen atoms in total. The van der Waals surface area contributed by atoms with Gasteiger partial charge in [-0.2, -0.15) is 0 Å². The van der Waals surface area contributed by atoms with Crippen LogP contribution in [0.3, 0.4) is 0 Å². The van der Waals surface area contributed by atoms with Crippen molar-refractivity contribution >= 4 is 11.4 Å². The number of hydrogen-bond acceptors (Lipinski definition) is 4. The van der Waals surface area contributed by atoms with Crippen LogP contribution in [-0.2, 0) is 4.74 Å². The van der Waals surface area contributed by atoms with Gasteiger partial charge in [0.05, 0.1) is 35.5 Å². The van der Waals surface area contributed by atoms with E-state index < -0.39 is 0 Å². The minimum absolute atomic E-state index is 0.104. The summed E-state index contributed by atoms with van der Waals surface area (Å²) in [5.74, 6) is 0. The number of anilines is 2. The number of nitrogens with zero attached hydrogens (tertiary/aromatic N) is 2. The molecule has 1 saturated heterocycles. The Bertz CT molecular complexity index is 392. The highest BCUT2D eigenvalue weighted by Crippen LogP contribution is 2.26. The maximum absolute atomic E-state index is 5.90. The lowest BCUT2D eigenvalue weighted by Gasteiger charge is -2.42. The van der Waals surface area contributed by atoms with Crippen molar-refractivity contribution in [1.29, 1.82) is 0 Å². The van der Waals surface area contributed by atoms with Gasteiger partial charge < -0.3 is 15.0 Å². The van der Waals surface area contributed by atoms with Crippen molar-refractivity contribution in [2.75, 3.05) is 30.4 Å². The molecule has 0 radical (unpaired) electrons. The van der Waals surface area contributed by atoms with Gasteiger partial charge in [0.25, 0.3) is 0 Å². The van der Waals surface area contributed by atoms with E-state index in [1.165, 1.54) is 0 Å². The summed E-state index contributed by atoms with van der Waals surface area (Å²) in [6, 6.07) is 2.13. The molecule has 0 saturated carbocycles. The molecule has 17 heavy (non-hydrogen) atoms. The molecule has 0 aliphatic carbocycles. The van der Waals surface area contributed by atoms with Gasteiger partial charge in [-0.1, -0.05) is 0 Å². The van der Waals surface area contributed by atoms with Crippen molar-refractivity contribution in [2.45, 2.75) is 32.5 Å². The summed E-state index contributed by atoms with van der Waals surface area (Å²) in [5.41, 5.74) is 2.09. The van der Waals surface area contributed by atoms with Crippen molar-refractivity contribution < 1.29 is 4.74 Å². The fourth-order valence-corrected chi connectivity index (χ4v) is 2.39. The molecule has 1 aliphatic rings. The summed E-state index contributed by atoms with van der Waals surface area (Å²) in [6.07, 6.45) is 3.99. The number of aromatic nitrogens is 1. The maximum Gasteiger partial charge on any atom is 0.0805 e. The predicted molar refractivity (Wildman–Crippen MR) is 70.6 cm³/mol. The van der Waals surface area contributed by atoms with Gasteiger partial charge in [-0.3, -0.25) is 4.98 Å². The minimum atomic E-state index is -0.104. The maximum atomic E-state index is 5.90. The van der Waals surface area contributed by atoms with E-state index in [9.17, 15) is 0 Å². The van der Waals surface area contributed by atoms with Gasteiger partial charge in [0.1, 0.15) is 0 Å². The summed E-state index contributed by atoms with van der Waals surface area (Å²) in [4.78, 5) is 6.59. The molecule has 4 heteroatoms. The standard InChI is InChI=1S/C13H21N3O/c1-10-8-16(9-13(2,3)17-10)12-5-11(14-4)6-15-7-12/h5-7,10,14H,8-9H2,1-4H3. The first-order valence-corrected chi connectivity index (χ1v) is 6.06. The summed E-state index contributed by atoms with van der Waals surface area (Å²) in [6.45, 7) is 8.18. The quantitative estimate of drug-likeness (QED) is 0.852. The Morgan fingerprint density at radius 3 is 2.88 bits per heavy atom. The SMILES string of the molecule is CNc1cncc(N2CC(C)OC(C)(C)C2)c1. The normalized spacial score (nSPS) is 23.5. The molecule has 1 aliphatic heterocycles. The van der Waals surface area contributed by atoms with Crippen LogP contribution in [0.25, 0.3) is 0 Å². The van der Waals surface area contributed by atoms with Crippen molar-refractivity contribution in [1.82, 2.24) is 4.98 Å². The highest BCUT2D eigenvalue weighted by atomic mass is 16.5. The Labute approximate surface area is 103 Å². The molecule has 2 heterocycles. The molecule has 0 spiro atoms. The van der Waals surface area contributed by atoms with Gasteiger partial charge in [-0.05, 0) is 26.8 Å². The average molecular weight is 235 g/mol. The van der Waals surface area contributed by atoms with Crippen LogP contribution in [-0.4, -0.2) is 36.8 Å². The first-order chi connectivity index (χ1) is 8.00. The van der Waals surface area contributed by atoms with E-state index >= 15 is 0 Å². The van der Waals surface area contributed by atoms with Crippen molar-refractivity contribution in [3.8, 4) is 0 Å². The second kappa shape index (κ2) is 4.53. The van der Waals surface area contributed by atoms with Crippen molar-refractivity contribution in [2.24, 2.45) is 0 Å². The average Bonchev–Trinajstić information content (AvgIpc) is 2.26. The van der Waals surface area contributed by atoms with E-state index in [2.05, 4.69) is 42.0 Å². The number of rotatable bonds is 2.